The third-order valence-electron chi connectivity index (χ3n) is 2.25. The monoisotopic (exact) mass is 238 g/mol. The summed E-state index contributed by atoms with van der Waals surface area (Å²) in [6.45, 7) is -0.0984. The highest BCUT2D eigenvalue weighted by Crippen LogP contribution is 2.13. The SMILES string of the molecule is O=C(O)c1cn(Cc2c(F)cccc2F)cn1. The van der Waals surface area contributed by atoms with Crippen molar-refractivity contribution in [1.29, 1.82) is 0 Å². The molecule has 0 aliphatic carbocycles. The summed E-state index contributed by atoms with van der Waals surface area (Å²) in [5, 5.41) is 8.65. The Balaban J connectivity index is 2.28. The second-order valence-electron chi connectivity index (χ2n) is 3.44. The van der Waals surface area contributed by atoms with Crippen LogP contribution in [-0.4, -0.2) is 20.6 Å². The topological polar surface area (TPSA) is 55.1 Å². The predicted molar refractivity (Wildman–Crippen MR) is 54.6 cm³/mol. The third-order valence-corrected chi connectivity index (χ3v) is 2.25. The van der Waals surface area contributed by atoms with Gasteiger partial charge in [0.1, 0.15) is 11.6 Å². The lowest BCUT2D eigenvalue weighted by Gasteiger charge is -2.04. The van der Waals surface area contributed by atoms with Crippen molar-refractivity contribution in [2.75, 3.05) is 0 Å². The van der Waals surface area contributed by atoms with E-state index in [0.29, 0.717) is 0 Å². The summed E-state index contributed by atoms with van der Waals surface area (Å²) in [5.74, 6) is -2.52. The molecule has 0 atom stereocenters. The Morgan fingerprint density at radius 1 is 1.35 bits per heavy atom. The van der Waals surface area contributed by atoms with E-state index >= 15 is 0 Å². The zero-order valence-corrected chi connectivity index (χ0v) is 8.60. The number of carboxylic acid groups (broad SMARTS) is 1. The molecule has 6 heteroatoms. The van der Waals surface area contributed by atoms with Crippen molar-refractivity contribution < 1.29 is 18.7 Å². The van der Waals surface area contributed by atoms with Crippen LogP contribution in [0.2, 0.25) is 0 Å². The molecule has 0 bridgehead atoms. The van der Waals surface area contributed by atoms with Crippen molar-refractivity contribution in [1.82, 2.24) is 9.55 Å². The van der Waals surface area contributed by atoms with Crippen LogP contribution in [0.3, 0.4) is 0 Å². The number of halogens is 2. The van der Waals surface area contributed by atoms with E-state index in [0.717, 1.165) is 12.1 Å². The predicted octanol–water partition coefficient (Wildman–Crippen LogP) is 1.91. The molecular weight excluding hydrogens is 230 g/mol. The van der Waals surface area contributed by atoms with E-state index in [4.69, 9.17) is 5.11 Å². The lowest BCUT2D eigenvalue weighted by Crippen LogP contribution is -2.03. The van der Waals surface area contributed by atoms with Gasteiger partial charge in [0.25, 0.3) is 0 Å². The minimum atomic E-state index is -1.18. The summed E-state index contributed by atoms with van der Waals surface area (Å²) in [7, 11) is 0. The smallest absolute Gasteiger partial charge is 0.356 e. The molecule has 0 amide bonds. The van der Waals surface area contributed by atoms with E-state index in [1.165, 1.54) is 23.2 Å². The van der Waals surface area contributed by atoms with Gasteiger partial charge in [-0.15, -0.1) is 0 Å². The van der Waals surface area contributed by atoms with E-state index in [2.05, 4.69) is 4.98 Å². The maximum atomic E-state index is 13.3. The van der Waals surface area contributed by atoms with Crippen LogP contribution in [-0.2, 0) is 6.54 Å². The number of aromatic nitrogens is 2. The Hall–Kier alpha value is -2.24. The summed E-state index contributed by atoms with van der Waals surface area (Å²) >= 11 is 0. The number of hydrogen-bond acceptors (Lipinski definition) is 2. The molecule has 1 heterocycles. The minimum absolute atomic E-state index is 0.0984. The molecule has 1 aromatic heterocycles. The first kappa shape index (κ1) is 11.3. The number of aromatic carboxylic acids is 1. The van der Waals surface area contributed by atoms with Gasteiger partial charge in [-0.1, -0.05) is 6.07 Å². The Labute approximate surface area is 95.1 Å². The zero-order chi connectivity index (χ0) is 12.4. The van der Waals surface area contributed by atoms with Gasteiger partial charge in [0, 0.05) is 11.8 Å². The standard InChI is InChI=1S/C11H8F2N2O2/c12-8-2-1-3-9(13)7(8)4-15-5-10(11(16)17)14-6-15/h1-3,5-6H,4H2,(H,16,17). The summed E-state index contributed by atoms with van der Waals surface area (Å²) < 4.78 is 27.9. The van der Waals surface area contributed by atoms with E-state index < -0.39 is 17.6 Å². The Kier molecular flexibility index (Phi) is 2.86. The molecule has 0 aliphatic rings. The van der Waals surface area contributed by atoms with Gasteiger partial charge >= 0.3 is 5.97 Å². The first-order valence-corrected chi connectivity index (χ1v) is 4.76. The molecule has 88 valence electrons. The fraction of sp³-hybridized carbons (Fsp3) is 0.0909. The normalized spacial score (nSPS) is 10.5. The summed E-state index contributed by atoms with van der Waals surface area (Å²) in [5.41, 5.74) is -0.288. The molecule has 17 heavy (non-hydrogen) atoms. The van der Waals surface area contributed by atoms with Crippen molar-refractivity contribution in [3.63, 3.8) is 0 Å². The van der Waals surface area contributed by atoms with Gasteiger partial charge in [-0.05, 0) is 12.1 Å². The van der Waals surface area contributed by atoms with Crippen LogP contribution in [0, 0.1) is 11.6 Å². The van der Waals surface area contributed by atoms with Crippen LogP contribution in [0.5, 0.6) is 0 Å². The van der Waals surface area contributed by atoms with Crippen molar-refractivity contribution in [2.45, 2.75) is 6.54 Å². The quantitative estimate of drug-likeness (QED) is 0.888. The Bertz CT molecular complexity index is 546. The van der Waals surface area contributed by atoms with E-state index in [9.17, 15) is 13.6 Å². The van der Waals surface area contributed by atoms with Gasteiger partial charge in [-0.2, -0.15) is 0 Å². The van der Waals surface area contributed by atoms with Gasteiger partial charge in [0.2, 0.25) is 0 Å². The van der Waals surface area contributed by atoms with Crippen LogP contribution in [0.15, 0.2) is 30.7 Å². The summed E-state index contributed by atoms with van der Waals surface area (Å²) in [6.07, 6.45) is 2.43. The minimum Gasteiger partial charge on any atom is -0.476 e. The number of rotatable bonds is 3. The molecule has 0 aliphatic heterocycles. The Morgan fingerprint density at radius 2 is 2.00 bits per heavy atom. The van der Waals surface area contributed by atoms with E-state index in [1.807, 2.05) is 0 Å². The van der Waals surface area contributed by atoms with Gasteiger partial charge in [-0.25, -0.2) is 18.6 Å². The van der Waals surface area contributed by atoms with Crippen LogP contribution < -0.4 is 0 Å². The van der Waals surface area contributed by atoms with Crippen LogP contribution >= 0.6 is 0 Å². The van der Waals surface area contributed by atoms with Crippen LogP contribution in [0.1, 0.15) is 16.1 Å². The number of imidazole rings is 1. The van der Waals surface area contributed by atoms with Crippen LogP contribution in [0.4, 0.5) is 8.78 Å². The first-order chi connectivity index (χ1) is 8.08. The van der Waals surface area contributed by atoms with Gasteiger partial charge in [0.05, 0.1) is 12.9 Å². The molecule has 0 fully saturated rings. The maximum Gasteiger partial charge on any atom is 0.356 e. The van der Waals surface area contributed by atoms with Gasteiger partial charge < -0.3 is 9.67 Å². The third kappa shape index (κ3) is 2.30. The average Bonchev–Trinajstić information content (AvgIpc) is 2.72. The molecule has 1 N–H and O–H groups in total. The highest BCUT2D eigenvalue weighted by atomic mass is 19.1. The van der Waals surface area contributed by atoms with Crippen LogP contribution in [0.25, 0.3) is 0 Å². The molecule has 2 rings (SSSR count). The molecule has 0 unspecified atom stereocenters. The fourth-order valence-corrected chi connectivity index (χ4v) is 1.42. The lowest BCUT2D eigenvalue weighted by molar-refractivity contribution is 0.0691. The molecular formula is C11H8F2N2O2. The summed E-state index contributed by atoms with van der Waals surface area (Å²) in [4.78, 5) is 14.2. The molecule has 0 saturated carbocycles. The van der Waals surface area contributed by atoms with Gasteiger partial charge in [-0.3, -0.25) is 0 Å². The number of benzene rings is 1. The lowest BCUT2D eigenvalue weighted by atomic mass is 10.2. The van der Waals surface area contributed by atoms with E-state index in [1.54, 1.807) is 0 Å². The van der Waals surface area contributed by atoms with Gasteiger partial charge in [0.15, 0.2) is 5.69 Å². The largest absolute Gasteiger partial charge is 0.476 e. The first-order valence-electron chi connectivity index (χ1n) is 4.76. The van der Waals surface area contributed by atoms with Crippen molar-refractivity contribution in [3.8, 4) is 0 Å². The second kappa shape index (κ2) is 4.32. The highest BCUT2D eigenvalue weighted by molar-refractivity contribution is 5.84. The molecule has 4 nitrogen and oxygen atoms in total. The van der Waals surface area contributed by atoms with Crippen molar-refractivity contribution >= 4 is 5.97 Å². The molecule has 2 aromatic rings. The number of nitrogens with zero attached hydrogens (tertiary/aromatic N) is 2. The molecule has 1 aromatic carbocycles. The summed E-state index contributed by atoms with van der Waals surface area (Å²) in [6, 6.07) is 3.56. The maximum absolute atomic E-state index is 13.3. The van der Waals surface area contributed by atoms with Crippen molar-refractivity contribution in [2.24, 2.45) is 0 Å². The molecule has 0 saturated heterocycles. The highest BCUT2D eigenvalue weighted by Gasteiger charge is 2.11. The fourth-order valence-electron chi connectivity index (χ4n) is 1.42. The Morgan fingerprint density at radius 3 is 2.53 bits per heavy atom. The zero-order valence-electron chi connectivity index (χ0n) is 8.60. The van der Waals surface area contributed by atoms with E-state index in [-0.39, 0.29) is 17.8 Å². The number of carbonyl (C=O) groups is 1. The van der Waals surface area contributed by atoms with Crippen molar-refractivity contribution in [3.05, 3.63) is 53.6 Å². The second-order valence-corrected chi connectivity index (χ2v) is 3.44. The molecule has 0 radical (unpaired) electrons. The molecule has 0 spiro atoms. The number of hydrogen-bond donors (Lipinski definition) is 1. The average molecular weight is 238 g/mol. The number of carboxylic acids is 1.